The Bertz CT molecular complexity index is 399. The number of hydrogen-bond donors (Lipinski definition) is 1. The van der Waals surface area contributed by atoms with Crippen molar-refractivity contribution in [1.82, 2.24) is 10.3 Å². The van der Waals surface area contributed by atoms with Gasteiger partial charge in [0.15, 0.2) is 0 Å². The van der Waals surface area contributed by atoms with E-state index in [4.69, 9.17) is 0 Å². The molecule has 1 heterocycles. The van der Waals surface area contributed by atoms with Crippen LogP contribution in [0.5, 0.6) is 0 Å². The van der Waals surface area contributed by atoms with E-state index in [0.717, 1.165) is 37.6 Å². The van der Waals surface area contributed by atoms with Crippen LogP contribution < -0.4 is 10.2 Å². The van der Waals surface area contributed by atoms with E-state index in [-0.39, 0.29) is 0 Å². The molecule has 0 aliphatic rings. The zero-order valence-electron chi connectivity index (χ0n) is 12.7. The van der Waals surface area contributed by atoms with Crippen LogP contribution in [-0.2, 0) is 6.54 Å². The first-order chi connectivity index (χ1) is 9.06. The van der Waals surface area contributed by atoms with Crippen molar-refractivity contribution in [3.05, 3.63) is 36.0 Å². The summed E-state index contributed by atoms with van der Waals surface area (Å²) in [7, 11) is 0. The molecule has 0 radical (unpaired) electrons. The third kappa shape index (κ3) is 5.43. The van der Waals surface area contributed by atoms with Crippen molar-refractivity contribution in [3.63, 3.8) is 0 Å². The first-order valence-corrected chi connectivity index (χ1v) is 7.13. The van der Waals surface area contributed by atoms with Gasteiger partial charge in [0.2, 0.25) is 0 Å². The highest BCUT2D eigenvalue weighted by Gasteiger charge is 2.08. The maximum absolute atomic E-state index is 4.65. The van der Waals surface area contributed by atoms with Gasteiger partial charge in [-0.1, -0.05) is 26.8 Å². The zero-order valence-corrected chi connectivity index (χ0v) is 12.7. The second-order valence-electron chi connectivity index (χ2n) is 5.25. The maximum Gasteiger partial charge on any atom is 0.129 e. The lowest BCUT2D eigenvalue weighted by atomic mass is 10.2. The first kappa shape index (κ1) is 15.7. The average molecular weight is 261 g/mol. The normalized spacial score (nSPS) is 10.8. The van der Waals surface area contributed by atoms with Crippen LogP contribution in [0.4, 0.5) is 5.82 Å². The molecule has 3 nitrogen and oxygen atoms in total. The SMILES string of the molecule is C=CCN(CCC)c1cc(CNC(C)C)cc(C)n1. The summed E-state index contributed by atoms with van der Waals surface area (Å²) in [6.07, 6.45) is 3.05. The first-order valence-electron chi connectivity index (χ1n) is 7.13. The highest BCUT2D eigenvalue weighted by atomic mass is 15.2. The molecule has 0 aromatic carbocycles. The van der Waals surface area contributed by atoms with Gasteiger partial charge in [-0.05, 0) is 31.0 Å². The van der Waals surface area contributed by atoms with Crippen molar-refractivity contribution in [1.29, 1.82) is 0 Å². The topological polar surface area (TPSA) is 28.2 Å². The van der Waals surface area contributed by atoms with Crippen LogP contribution in [0.15, 0.2) is 24.8 Å². The van der Waals surface area contributed by atoms with Crippen molar-refractivity contribution < 1.29 is 0 Å². The van der Waals surface area contributed by atoms with Crippen LogP contribution in [0, 0.1) is 6.92 Å². The zero-order chi connectivity index (χ0) is 14.3. The minimum Gasteiger partial charge on any atom is -0.353 e. The average Bonchev–Trinajstić information content (AvgIpc) is 2.35. The minimum absolute atomic E-state index is 0.497. The molecule has 106 valence electrons. The van der Waals surface area contributed by atoms with Crippen LogP contribution in [0.2, 0.25) is 0 Å². The summed E-state index contributed by atoms with van der Waals surface area (Å²) in [4.78, 5) is 6.93. The molecular weight excluding hydrogens is 234 g/mol. The van der Waals surface area contributed by atoms with Crippen LogP contribution in [0.3, 0.4) is 0 Å². The van der Waals surface area contributed by atoms with E-state index < -0.39 is 0 Å². The van der Waals surface area contributed by atoms with Crippen LogP contribution in [0.1, 0.15) is 38.4 Å². The molecule has 0 unspecified atom stereocenters. The smallest absolute Gasteiger partial charge is 0.129 e. The number of hydrogen-bond acceptors (Lipinski definition) is 3. The lowest BCUT2D eigenvalue weighted by Crippen LogP contribution is -2.26. The molecule has 1 aromatic rings. The van der Waals surface area contributed by atoms with Gasteiger partial charge in [-0.15, -0.1) is 6.58 Å². The van der Waals surface area contributed by atoms with Crippen LogP contribution in [0.25, 0.3) is 0 Å². The fourth-order valence-electron chi connectivity index (χ4n) is 2.03. The summed E-state index contributed by atoms with van der Waals surface area (Å²) < 4.78 is 0. The number of aryl methyl sites for hydroxylation is 1. The lowest BCUT2D eigenvalue weighted by molar-refractivity contribution is 0.588. The number of rotatable bonds is 8. The largest absolute Gasteiger partial charge is 0.353 e. The van der Waals surface area contributed by atoms with Crippen molar-refractivity contribution in [3.8, 4) is 0 Å². The Kier molecular flexibility index (Phi) is 6.57. The van der Waals surface area contributed by atoms with Crippen molar-refractivity contribution in [2.45, 2.75) is 46.7 Å². The molecule has 0 spiro atoms. The number of pyridine rings is 1. The molecule has 0 bridgehead atoms. The maximum atomic E-state index is 4.65. The van der Waals surface area contributed by atoms with E-state index in [1.165, 1.54) is 5.56 Å². The Morgan fingerprint density at radius 1 is 1.42 bits per heavy atom. The molecule has 0 saturated carbocycles. The molecule has 0 atom stereocenters. The Balaban J connectivity index is 2.89. The quantitative estimate of drug-likeness (QED) is 0.728. The summed E-state index contributed by atoms with van der Waals surface area (Å²) in [5, 5.41) is 3.45. The molecular formula is C16H27N3. The van der Waals surface area contributed by atoms with Crippen LogP contribution >= 0.6 is 0 Å². The highest BCUT2D eigenvalue weighted by molar-refractivity contribution is 5.43. The summed E-state index contributed by atoms with van der Waals surface area (Å²) in [5.74, 6) is 1.06. The second kappa shape index (κ2) is 7.95. The van der Waals surface area contributed by atoms with E-state index in [9.17, 15) is 0 Å². The van der Waals surface area contributed by atoms with Gasteiger partial charge in [-0.2, -0.15) is 0 Å². The van der Waals surface area contributed by atoms with Crippen molar-refractivity contribution in [2.24, 2.45) is 0 Å². The van der Waals surface area contributed by atoms with E-state index in [2.05, 4.69) is 61.6 Å². The molecule has 0 aliphatic heterocycles. The number of aromatic nitrogens is 1. The monoisotopic (exact) mass is 261 g/mol. The molecule has 19 heavy (non-hydrogen) atoms. The van der Waals surface area contributed by atoms with Gasteiger partial charge in [0.1, 0.15) is 5.82 Å². The van der Waals surface area contributed by atoms with E-state index in [1.54, 1.807) is 0 Å². The highest BCUT2D eigenvalue weighted by Crippen LogP contribution is 2.15. The second-order valence-corrected chi connectivity index (χ2v) is 5.25. The van der Waals surface area contributed by atoms with E-state index in [1.807, 2.05) is 6.08 Å². The van der Waals surface area contributed by atoms with Gasteiger partial charge in [-0.3, -0.25) is 0 Å². The number of nitrogens with one attached hydrogen (secondary N) is 1. The Labute approximate surface area is 117 Å². The molecule has 0 aliphatic carbocycles. The molecule has 1 N–H and O–H groups in total. The lowest BCUT2D eigenvalue weighted by Gasteiger charge is -2.22. The van der Waals surface area contributed by atoms with Gasteiger partial charge in [0.25, 0.3) is 0 Å². The molecule has 0 amide bonds. The van der Waals surface area contributed by atoms with Gasteiger partial charge >= 0.3 is 0 Å². The fraction of sp³-hybridized carbons (Fsp3) is 0.562. The third-order valence-corrected chi connectivity index (χ3v) is 2.88. The molecule has 3 heteroatoms. The number of anilines is 1. The van der Waals surface area contributed by atoms with Crippen molar-refractivity contribution >= 4 is 5.82 Å². The van der Waals surface area contributed by atoms with Gasteiger partial charge in [-0.25, -0.2) is 4.98 Å². The molecule has 1 rings (SSSR count). The molecule has 1 aromatic heterocycles. The third-order valence-electron chi connectivity index (χ3n) is 2.88. The Morgan fingerprint density at radius 3 is 2.74 bits per heavy atom. The molecule has 0 fully saturated rings. The number of nitrogens with zero attached hydrogens (tertiary/aromatic N) is 2. The Morgan fingerprint density at radius 2 is 2.16 bits per heavy atom. The fourth-order valence-corrected chi connectivity index (χ4v) is 2.03. The van der Waals surface area contributed by atoms with Gasteiger partial charge in [0, 0.05) is 31.4 Å². The van der Waals surface area contributed by atoms with Crippen molar-refractivity contribution in [2.75, 3.05) is 18.0 Å². The summed E-state index contributed by atoms with van der Waals surface area (Å²) >= 11 is 0. The summed E-state index contributed by atoms with van der Waals surface area (Å²) in [6, 6.07) is 4.83. The summed E-state index contributed by atoms with van der Waals surface area (Å²) in [6.45, 7) is 15.2. The summed E-state index contributed by atoms with van der Waals surface area (Å²) in [5.41, 5.74) is 2.37. The van der Waals surface area contributed by atoms with Gasteiger partial charge < -0.3 is 10.2 Å². The van der Waals surface area contributed by atoms with E-state index >= 15 is 0 Å². The predicted molar refractivity (Wildman–Crippen MR) is 83.7 cm³/mol. The predicted octanol–water partition coefficient (Wildman–Crippen LogP) is 3.29. The van der Waals surface area contributed by atoms with Crippen LogP contribution in [-0.4, -0.2) is 24.1 Å². The Hall–Kier alpha value is -1.35. The van der Waals surface area contributed by atoms with E-state index in [0.29, 0.717) is 6.04 Å². The molecule has 0 saturated heterocycles. The minimum atomic E-state index is 0.497. The van der Waals surface area contributed by atoms with Gasteiger partial charge in [0.05, 0.1) is 0 Å². The standard InChI is InChI=1S/C16H27N3/c1-6-8-19(9-7-2)16-11-15(10-14(5)18-16)12-17-13(3)4/h6,10-11,13,17H,1,7-9,12H2,2-5H3.